The maximum Gasteiger partial charge on any atom is 0.240 e. The molecule has 1 saturated heterocycles. The van der Waals surface area contributed by atoms with Crippen LogP contribution < -0.4 is 5.32 Å². The summed E-state index contributed by atoms with van der Waals surface area (Å²) >= 11 is 1.29. The van der Waals surface area contributed by atoms with Crippen LogP contribution in [0.2, 0.25) is 0 Å². The van der Waals surface area contributed by atoms with Gasteiger partial charge in [-0.3, -0.25) is 19.3 Å². The Hall–Kier alpha value is -1.34. The summed E-state index contributed by atoms with van der Waals surface area (Å²) in [6.07, 6.45) is 1.46. The minimum absolute atomic E-state index is 0.0653. The van der Waals surface area contributed by atoms with Gasteiger partial charge in [-0.1, -0.05) is 32.5 Å². The summed E-state index contributed by atoms with van der Waals surface area (Å²) in [7, 11) is 1.55. The SMILES string of the molecule is COCCNC(=O)CN1C(=O)CS/C1=C\C(=O)C(C)(C)C. The van der Waals surface area contributed by atoms with Gasteiger partial charge in [0.2, 0.25) is 11.8 Å². The number of hydrogen-bond acceptors (Lipinski definition) is 5. The number of ketones is 1. The summed E-state index contributed by atoms with van der Waals surface area (Å²) < 4.78 is 4.84. The molecule has 0 unspecified atom stereocenters. The Kier molecular flexibility index (Phi) is 6.42. The van der Waals surface area contributed by atoms with E-state index in [-0.39, 0.29) is 29.9 Å². The van der Waals surface area contributed by atoms with E-state index in [2.05, 4.69) is 5.32 Å². The monoisotopic (exact) mass is 314 g/mol. The van der Waals surface area contributed by atoms with Crippen molar-refractivity contribution in [1.29, 1.82) is 0 Å². The summed E-state index contributed by atoms with van der Waals surface area (Å²) in [5.41, 5.74) is -0.508. The average Bonchev–Trinajstić information content (AvgIpc) is 2.70. The van der Waals surface area contributed by atoms with E-state index in [0.717, 1.165) is 0 Å². The van der Waals surface area contributed by atoms with Gasteiger partial charge in [0.1, 0.15) is 6.54 Å². The highest BCUT2D eigenvalue weighted by molar-refractivity contribution is 8.04. The molecule has 0 aromatic carbocycles. The van der Waals surface area contributed by atoms with E-state index in [0.29, 0.717) is 18.2 Å². The molecule has 0 spiro atoms. The third-order valence-electron chi connectivity index (χ3n) is 2.83. The lowest BCUT2D eigenvalue weighted by atomic mass is 9.91. The van der Waals surface area contributed by atoms with Crippen molar-refractivity contribution in [3.63, 3.8) is 0 Å². The molecule has 1 N–H and O–H groups in total. The molecular formula is C14H22N2O4S. The topological polar surface area (TPSA) is 75.7 Å². The molecule has 0 saturated carbocycles. The molecule has 0 aromatic rings. The highest BCUT2D eigenvalue weighted by atomic mass is 32.2. The number of carbonyl (C=O) groups is 3. The smallest absolute Gasteiger partial charge is 0.240 e. The number of rotatable bonds is 6. The maximum absolute atomic E-state index is 12.0. The zero-order chi connectivity index (χ0) is 16.0. The Morgan fingerprint density at radius 3 is 2.67 bits per heavy atom. The highest BCUT2D eigenvalue weighted by Crippen LogP contribution is 2.30. The van der Waals surface area contributed by atoms with E-state index in [1.54, 1.807) is 7.11 Å². The van der Waals surface area contributed by atoms with Crippen LogP contribution in [0.1, 0.15) is 20.8 Å². The van der Waals surface area contributed by atoms with Crippen LogP contribution in [0.25, 0.3) is 0 Å². The molecule has 1 heterocycles. The molecule has 2 amide bonds. The Labute approximate surface area is 129 Å². The molecule has 1 fully saturated rings. The Morgan fingerprint density at radius 1 is 1.43 bits per heavy atom. The molecule has 21 heavy (non-hydrogen) atoms. The van der Waals surface area contributed by atoms with Gasteiger partial charge in [-0.25, -0.2) is 0 Å². The van der Waals surface area contributed by atoms with Crippen molar-refractivity contribution in [3.8, 4) is 0 Å². The van der Waals surface area contributed by atoms with E-state index >= 15 is 0 Å². The number of carbonyl (C=O) groups excluding carboxylic acids is 3. The summed E-state index contributed by atoms with van der Waals surface area (Å²) in [4.78, 5) is 37.0. The number of allylic oxidation sites excluding steroid dienone is 1. The van der Waals surface area contributed by atoms with Crippen LogP contribution in [0.5, 0.6) is 0 Å². The van der Waals surface area contributed by atoms with E-state index < -0.39 is 5.41 Å². The van der Waals surface area contributed by atoms with Crippen LogP contribution in [0.3, 0.4) is 0 Å². The van der Waals surface area contributed by atoms with E-state index in [4.69, 9.17) is 4.74 Å². The molecule has 1 aliphatic rings. The number of ether oxygens (including phenoxy) is 1. The van der Waals surface area contributed by atoms with Crippen molar-refractivity contribution in [2.45, 2.75) is 20.8 Å². The predicted molar refractivity (Wildman–Crippen MR) is 81.6 cm³/mol. The lowest BCUT2D eigenvalue weighted by Gasteiger charge is -2.19. The zero-order valence-electron chi connectivity index (χ0n) is 12.9. The van der Waals surface area contributed by atoms with E-state index in [9.17, 15) is 14.4 Å². The van der Waals surface area contributed by atoms with Crippen LogP contribution in [0, 0.1) is 5.41 Å². The van der Waals surface area contributed by atoms with Gasteiger partial charge in [0, 0.05) is 25.1 Å². The van der Waals surface area contributed by atoms with Crippen molar-refractivity contribution in [2.75, 3.05) is 32.6 Å². The van der Waals surface area contributed by atoms with Gasteiger partial charge in [0.25, 0.3) is 0 Å². The summed E-state index contributed by atoms with van der Waals surface area (Å²) in [5, 5.41) is 3.20. The molecule has 0 aromatic heterocycles. The fourth-order valence-electron chi connectivity index (χ4n) is 1.52. The van der Waals surface area contributed by atoms with Crippen LogP contribution in [-0.2, 0) is 19.1 Å². The summed E-state index contributed by atoms with van der Waals surface area (Å²) in [5.74, 6) is -0.231. The van der Waals surface area contributed by atoms with Crippen LogP contribution in [0.15, 0.2) is 11.1 Å². The molecule has 0 aliphatic carbocycles. The van der Waals surface area contributed by atoms with Gasteiger partial charge in [0.05, 0.1) is 17.4 Å². The van der Waals surface area contributed by atoms with Crippen LogP contribution in [0.4, 0.5) is 0 Å². The fraction of sp³-hybridized carbons (Fsp3) is 0.643. The Morgan fingerprint density at radius 2 is 2.10 bits per heavy atom. The van der Waals surface area contributed by atoms with E-state index in [1.165, 1.54) is 22.7 Å². The zero-order valence-corrected chi connectivity index (χ0v) is 13.7. The molecule has 118 valence electrons. The second-order valence-corrected chi connectivity index (χ2v) is 6.70. The second kappa shape index (κ2) is 7.61. The molecule has 0 atom stereocenters. The van der Waals surface area contributed by atoms with Gasteiger partial charge in [0.15, 0.2) is 5.78 Å². The number of thioether (sulfide) groups is 1. The van der Waals surface area contributed by atoms with Gasteiger partial charge in [-0.2, -0.15) is 0 Å². The van der Waals surface area contributed by atoms with Crippen molar-refractivity contribution in [1.82, 2.24) is 10.2 Å². The third kappa shape index (κ3) is 5.51. The first-order valence-electron chi connectivity index (χ1n) is 6.70. The lowest BCUT2D eigenvalue weighted by molar-refractivity contribution is -0.131. The second-order valence-electron chi connectivity index (χ2n) is 5.71. The van der Waals surface area contributed by atoms with Gasteiger partial charge < -0.3 is 10.1 Å². The lowest BCUT2D eigenvalue weighted by Crippen LogP contribution is -2.39. The van der Waals surface area contributed by atoms with Crippen molar-refractivity contribution in [2.24, 2.45) is 5.41 Å². The van der Waals surface area contributed by atoms with E-state index in [1.807, 2.05) is 20.8 Å². The molecule has 6 nitrogen and oxygen atoms in total. The minimum Gasteiger partial charge on any atom is -0.383 e. The largest absolute Gasteiger partial charge is 0.383 e. The first-order chi connectivity index (χ1) is 9.75. The number of amides is 2. The fourth-order valence-corrected chi connectivity index (χ4v) is 2.46. The Bertz CT molecular complexity index is 454. The number of nitrogens with zero attached hydrogens (tertiary/aromatic N) is 1. The standard InChI is InChI=1S/C14H22N2O4S/c1-14(2,3)10(17)7-13-16(12(19)9-21-13)8-11(18)15-5-6-20-4/h7H,5-6,8-9H2,1-4H3,(H,15,18)/b13-7-. The minimum atomic E-state index is -0.508. The molecule has 1 rings (SSSR count). The number of methoxy groups -OCH3 is 1. The molecular weight excluding hydrogens is 292 g/mol. The average molecular weight is 314 g/mol. The Balaban J connectivity index is 2.69. The third-order valence-corrected chi connectivity index (χ3v) is 3.86. The predicted octanol–water partition coefficient (Wildman–Crippen LogP) is 0.781. The normalized spacial score (nSPS) is 17.4. The van der Waals surface area contributed by atoms with Crippen LogP contribution in [-0.4, -0.2) is 55.1 Å². The number of hydrogen-bond donors (Lipinski definition) is 1. The van der Waals surface area contributed by atoms with Gasteiger partial charge in [-0.05, 0) is 0 Å². The quantitative estimate of drug-likeness (QED) is 0.579. The molecule has 1 aliphatic heterocycles. The first kappa shape index (κ1) is 17.7. The van der Waals surface area contributed by atoms with Crippen LogP contribution >= 0.6 is 11.8 Å². The summed E-state index contributed by atoms with van der Waals surface area (Å²) in [6.45, 7) is 6.18. The van der Waals surface area contributed by atoms with Gasteiger partial charge in [-0.15, -0.1) is 0 Å². The highest BCUT2D eigenvalue weighted by Gasteiger charge is 2.30. The summed E-state index contributed by atoms with van der Waals surface area (Å²) in [6, 6.07) is 0. The van der Waals surface area contributed by atoms with Gasteiger partial charge >= 0.3 is 0 Å². The maximum atomic E-state index is 12.0. The van der Waals surface area contributed by atoms with Crippen molar-refractivity contribution in [3.05, 3.63) is 11.1 Å². The molecule has 0 radical (unpaired) electrons. The first-order valence-corrected chi connectivity index (χ1v) is 7.69. The number of nitrogens with one attached hydrogen (secondary N) is 1. The molecule has 7 heteroatoms. The van der Waals surface area contributed by atoms with Crippen molar-refractivity contribution < 1.29 is 19.1 Å². The van der Waals surface area contributed by atoms with Crippen molar-refractivity contribution >= 4 is 29.4 Å². The molecule has 0 bridgehead atoms.